The normalized spacial score (nSPS) is 12.3. The summed E-state index contributed by atoms with van der Waals surface area (Å²) in [6, 6.07) is 9.37. The number of nitrogens with one attached hydrogen (secondary N) is 1. The van der Waals surface area contributed by atoms with Gasteiger partial charge < -0.3 is 24.3 Å². The van der Waals surface area contributed by atoms with Crippen molar-refractivity contribution in [1.29, 1.82) is 0 Å². The third kappa shape index (κ3) is 3.84. The van der Waals surface area contributed by atoms with Gasteiger partial charge in [-0.1, -0.05) is 6.07 Å². The summed E-state index contributed by atoms with van der Waals surface area (Å²) in [6.45, 7) is -0.535. The largest absolute Gasteiger partial charge is 0.493 e. The lowest BCUT2D eigenvalue weighted by Crippen LogP contribution is -2.25. The molecule has 0 aromatic heterocycles. The molecule has 140 valence electrons. The van der Waals surface area contributed by atoms with E-state index in [4.69, 9.17) is 18.9 Å². The van der Waals surface area contributed by atoms with Crippen LogP contribution in [0.4, 0.5) is 5.69 Å². The highest BCUT2D eigenvalue weighted by atomic mass is 16.5. The van der Waals surface area contributed by atoms with Gasteiger partial charge in [-0.25, -0.2) is 4.79 Å². The van der Waals surface area contributed by atoms with Crippen molar-refractivity contribution in [3.8, 4) is 17.2 Å². The highest BCUT2D eigenvalue weighted by Gasteiger charge is 2.21. The molecular formula is C19H17NO7. The minimum Gasteiger partial charge on any atom is -0.493 e. The number of Topliss-reactive ketones (excluding diaryl/α,β-unsaturated/α-hetero) is 1. The van der Waals surface area contributed by atoms with Gasteiger partial charge in [-0.3, -0.25) is 9.59 Å². The Kier molecular flexibility index (Phi) is 5.25. The number of methoxy groups -OCH3 is 2. The van der Waals surface area contributed by atoms with Gasteiger partial charge in [0.05, 0.1) is 19.9 Å². The summed E-state index contributed by atoms with van der Waals surface area (Å²) in [5, 5.41) is 2.62. The molecule has 0 saturated heterocycles. The average Bonchev–Trinajstić information content (AvgIpc) is 2.70. The van der Waals surface area contributed by atoms with Gasteiger partial charge in [-0.05, 0) is 30.3 Å². The lowest BCUT2D eigenvalue weighted by atomic mass is 10.1. The number of para-hydroxylation sites is 1. The molecule has 8 nitrogen and oxygen atoms in total. The predicted molar refractivity (Wildman–Crippen MR) is 94.7 cm³/mol. The first-order chi connectivity index (χ1) is 13.0. The van der Waals surface area contributed by atoms with Gasteiger partial charge in [0.1, 0.15) is 11.3 Å². The summed E-state index contributed by atoms with van der Waals surface area (Å²) in [5.74, 6) is -0.357. The summed E-state index contributed by atoms with van der Waals surface area (Å²) < 4.78 is 20.7. The Labute approximate surface area is 155 Å². The van der Waals surface area contributed by atoms with Crippen LogP contribution < -0.4 is 19.5 Å². The van der Waals surface area contributed by atoms with Crippen LogP contribution in [0.2, 0.25) is 0 Å². The lowest BCUT2D eigenvalue weighted by Gasteiger charge is -2.18. The summed E-state index contributed by atoms with van der Waals surface area (Å²) in [4.78, 5) is 36.0. The van der Waals surface area contributed by atoms with E-state index in [0.717, 1.165) is 0 Å². The molecule has 0 fully saturated rings. The number of carbonyl (C=O) groups is 3. The molecule has 1 heterocycles. The van der Waals surface area contributed by atoms with E-state index in [1.54, 1.807) is 24.3 Å². The molecule has 0 unspecified atom stereocenters. The Morgan fingerprint density at radius 3 is 2.70 bits per heavy atom. The standard InChI is InChI=1S/C19H17NO7/c1-24-16-5-3-4-12(18(16)25-2)19(23)27-9-14(21)11-6-7-15-13(8-11)20-17(22)10-26-15/h3-8H,9-10H2,1-2H3,(H,20,22). The maximum Gasteiger partial charge on any atom is 0.342 e. The minimum absolute atomic E-state index is 0.0692. The molecule has 1 aliphatic heterocycles. The number of hydrogen-bond acceptors (Lipinski definition) is 7. The number of rotatable bonds is 6. The molecule has 0 atom stereocenters. The zero-order chi connectivity index (χ0) is 19.4. The van der Waals surface area contributed by atoms with E-state index in [1.165, 1.54) is 26.4 Å². The second kappa shape index (κ2) is 7.77. The number of benzene rings is 2. The summed E-state index contributed by atoms with van der Waals surface area (Å²) in [6.07, 6.45) is 0. The van der Waals surface area contributed by atoms with Crippen LogP contribution in [0.5, 0.6) is 17.2 Å². The quantitative estimate of drug-likeness (QED) is 0.613. The Bertz CT molecular complexity index is 907. The van der Waals surface area contributed by atoms with Crippen LogP contribution in [0, 0.1) is 0 Å². The van der Waals surface area contributed by atoms with Crippen molar-refractivity contribution in [2.75, 3.05) is 32.8 Å². The van der Waals surface area contributed by atoms with Crippen LogP contribution in [-0.4, -0.2) is 45.1 Å². The molecule has 0 aliphatic carbocycles. The van der Waals surface area contributed by atoms with Crippen molar-refractivity contribution in [2.24, 2.45) is 0 Å². The van der Waals surface area contributed by atoms with Crippen LogP contribution in [0.3, 0.4) is 0 Å². The molecule has 1 aliphatic rings. The van der Waals surface area contributed by atoms with Crippen molar-refractivity contribution in [2.45, 2.75) is 0 Å². The zero-order valence-electron chi connectivity index (χ0n) is 14.7. The summed E-state index contributed by atoms with van der Waals surface area (Å²) in [7, 11) is 2.86. The van der Waals surface area contributed by atoms with E-state index >= 15 is 0 Å². The number of anilines is 1. The first-order valence-corrected chi connectivity index (χ1v) is 8.01. The molecule has 1 amide bonds. The SMILES string of the molecule is COc1cccc(C(=O)OCC(=O)c2ccc3c(c2)NC(=O)CO3)c1OC. The maximum absolute atomic E-state index is 12.3. The van der Waals surface area contributed by atoms with E-state index in [-0.39, 0.29) is 29.4 Å². The van der Waals surface area contributed by atoms with Gasteiger partial charge in [-0.2, -0.15) is 0 Å². The smallest absolute Gasteiger partial charge is 0.342 e. The second-order valence-electron chi connectivity index (χ2n) is 5.59. The van der Waals surface area contributed by atoms with Crippen LogP contribution in [0.25, 0.3) is 0 Å². The minimum atomic E-state index is -0.714. The van der Waals surface area contributed by atoms with Gasteiger partial charge in [0.15, 0.2) is 30.5 Å². The van der Waals surface area contributed by atoms with Crippen LogP contribution in [0.1, 0.15) is 20.7 Å². The topological polar surface area (TPSA) is 100 Å². The van der Waals surface area contributed by atoms with Crippen molar-refractivity contribution in [1.82, 2.24) is 0 Å². The van der Waals surface area contributed by atoms with Gasteiger partial charge in [0.2, 0.25) is 0 Å². The van der Waals surface area contributed by atoms with Crippen molar-refractivity contribution < 1.29 is 33.3 Å². The Balaban J connectivity index is 1.70. The number of esters is 1. The number of ether oxygens (including phenoxy) is 4. The first kappa shape index (κ1) is 18.2. The third-order valence-electron chi connectivity index (χ3n) is 3.89. The van der Waals surface area contributed by atoms with Gasteiger partial charge in [0, 0.05) is 5.56 Å². The predicted octanol–water partition coefficient (Wildman–Crippen LogP) is 2.07. The lowest BCUT2D eigenvalue weighted by molar-refractivity contribution is -0.118. The van der Waals surface area contributed by atoms with Crippen molar-refractivity contribution >= 4 is 23.3 Å². The molecule has 8 heteroatoms. The van der Waals surface area contributed by atoms with Crippen LogP contribution in [0.15, 0.2) is 36.4 Å². The van der Waals surface area contributed by atoms with Crippen LogP contribution >= 0.6 is 0 Å². The highest BCUT2D eigenvalue weighted by molar-refractivity contribution is 6.02. The van der Waals surface area contributed by atoms with E-state index in [9.17, 15) is 14.4 Å². The molecular weight excluding hydrogens is 354 g/mol. The molecule has 0 saturated carbocycles. The van der Waals surface area contributed by atoms with Gasteiger partial charge in [0.25, 0.3) is 5.91 Å². The average molecular weight is 371 g/mol. The zero-order valence-corrected chi connectivity index (χ0v) is 14.7. The Morgan fingerprint density at radius 2 is 1.96 bits per heavy atom. The second-order valence-corrected chi connectivity index (χ2v) is 5.59. The van der Waals surface area contributed by atoms with E-state index in [0.29, 0.717) is 17.2 Å². The fraction of sp³-hybridized carbons (Fsp3) is 0.211. The van der Waals surface area contributed by atoms with Gasteiger partial charge >= 0.3 is 5.97 Å². The van der Waals surface area contributed by atoms with E-state index < -0.39 is 18.4 Å². The number of ketones is 1. The number of carbonyl (C=O) groups excluding carboxylic acids is 3. The summed E-state index contributed by atoms with van der Waals surface area (Å²) >= 11 is 0. The number of fused-ring (bicyclic) bond motifs is 1. The molecule has 0 radical (unpaired) electrons. The van der Waals surface area contributed by atoms with E-state index in [2.05, 4.69) is 5.32 Å². The molecule has 27 heavy (non-hydrogen) atoms. The maximum atomic E-state index is 12.3. The fourth-order valence-electron chi connectivity index (χ4n) is 2.60. The molecule has 0 spiro atoms. The molecule has 2 aromatic rings. The molecule has 1 N–H and O–H groups in total. The molecule has 2 aromatic carbocycles. The van der Waals surface area contributed by atoms with Crippen LogP contribution in [-0.2, 0) is 9.53 Å². The fourth-order valence-corrected chi connectivity index (χ4v) is 2.60. The first-order valence-electron chi connectivity index (χ1n) is 8.01. The highest BCUT2D eigenvalue weighted by Crippen LogP contribution is 2.31. The number of hydrogen-bond donors (Lipinski definition) is 1. The van der Waals surface area contributed by atoms with Gasteiger partial charge in [-0.15, -0.1) is 0 Å². The van der Waals surface area contributed by atoms with Crippen molar-refractivity contribution in [3.63, 3.8) is 0 Å². The number of amides is 1. The Hall–Kier alpha value is -3.55. The molecule has 3 rings (SSSR count). The van der Waals surface area contributed by atoms with Crippen molar-refractivity contribution in [3.05, 3.63) is 47.5 Å². The van der Waals surface area contributed by atoms with E-state index in [1.807, 2.05) is 0 Å². The summed E-state index contributed by atoms with van der Waals surface area (Å²) in [5.41, 5.74) is 0.832. The third-order valence-corrected chi connectivity index (χ3v) is 3.89. The molecule has 0 bridgehead atoms. The monoisotopic (exact) mass is 371 g/mol. The Morgan fingerprint density at radius 1 is 1.15 bits per heavy atom.